The number of hydrogen-bond donors (Lipinski definition) is 1. The molecule has 2 aromatic rings. The number of hydrogen-bond acceptors (Lipinski definition) is 5. The van der Waals surface area contributed by atoms with E-state index in [-0.39, 0.29) is 42.6 Å². The van der Waals surface area contributed by atoms with Gasteiger partial charge < -0.3 is 15.5 Å². The summed E-state index contributed by atoms with van der Waals surface area (Å²) in [5.41, 5.74) is 7.73. The molecule has 1 aromatic carbocycles. The molecule has 2 saturated heterocycles. The third kappa shape index (κ3) is 4.57. The minimum Gasteiger partial charge on any atom is -0.341 e. The fraction of sp³-hybridized carbons (Fsp3) is 0.450. The van der Waals surface area contributed by atoms with E-state index in [0.29, 0.717) is 31.3 Å². The predicted octanol–water partition coefficient (Wildman–Crippen LogP) is 2.73. The van der Waals surface area contributed by atoms with E-state index in [0.717, 1.165) is 25.9 Å². The molecule has 2 aliphatic heterocycles. The summed E-state index contributed by atoms with van der Waals surface area (Å²) in [5.74, 6) is 1.21. The molecule has 4 rings (SSSR count). The third-order valence-electron chi connectivity index (χ3n) is 5.51. The van der Waals surface area contributed by atoms with Crippen LogP contribution in [0.25, 0.3) is 0 Å². The number of carbonyl (C=O) groups is 1. The molecule has 0 aliphatic carbocycles. The molecule has 2 aliphatic rings. The predicted molar refractivity (Wildman–Crippen MR) is 116 cm³/mol. The first-order valence-electron chi connectivity index (χ1n) is 9.38. The van der Waals surface area contributed by atoms with Gasteiger partial charge >= 0.3 is 0 Å². The molecule has 152 valence electrons. The molecule has 1 aromatic heterocycles. The standard InChI is InChI=1S/C20H25N5O.2ClH/c21-12-16-13-25(14-17(16)15-6-2-1-3-7-15)19(26)18-8-9-22-20(23-18)24-10-4-5-11-24;;/h1-3,6-9,16-17H,4-5,10-14,21H2;2*1H/t16-,17+;;/m1../s1. The lowest BCUT2D eigenvalue weighted by molar-refractivity contribution is 0.0780. The molecule has 6 nitrogen and oxygen atoms in total. The number of aromatic nitrogens is 2. The van der Waals surface area contributed by atoms with E-state index in [1.165, 1.54) is 5.56 Å². The summed E-state index contributed by atoms with van der Waals surface area (Å²) in [6.45, 7) is 3.87. The van der Waals surface area contributed by atoms with Crippen LogP contribution in [0, 0.1) is 5.92 Å². The van der Waals surface area contributed by atoms with Gasteiger partial charge in [0.2, 0.25) is 5.95 Å². The second-order valence-electron chi connectivity index (χ2n) is 7.16. The zero-order chi connectivity index (χ0) is 17.9. The second-order valence-corrected chi connectivity index (χ2v) is 7.16. The van der Waals surface area contributed by atoms with Crippen LogP contribution in [-0.4, -0.2) is 53.5 Å². The summed E-state index contributed by atoms with van der Waals surface area (Å²) >= 11 is 0. The summed E-state index contributed by atoms with van der Waals surface area (Å²) in [5, 5.41) is 0. The average Bonchev–Trinajstić information content (AvgIpc) is 3.38. The Balaban J connectivity index is 0.00000140. The minimum absolute atomic E-state index is 0. The topological polar surface area (TPSA) is 75.3 Å². The van der Waals surface area contributed by atoms with Crippen molar-refractivity contribution in [1.29, 1.82) is 0 Å². The molecule has 8 heteroatoms. The number of nitrogens with two attached hydrogens (primary N) is 1. The molecule has 0 spiro atoms. The Hall–Kier alpha value is -1.89. The lowest BCUT2D eigenvalue weighted by Crippen LogP contribution is -2.31. The maximum Gasteiger partial charge on any atom is 0.272 e. The average molecular weight is 424 g/mol. The monoisotopic (exact) mass is 423 g/mol. The normalized spacial score (nSPS) is 21.2. The van der Waals surface area contributed by atoms with Crippen LogP contribution in [0.15, 0.2) is 42.6 Å². The number of likely N-dealkylation sites (tertiary alicyclic amines) is 1. The molecule has 1 amide bonds. The Morgan fingerprint density at radius 1 is 1.07 bits per heavy atom. The fourth-order valence-corrected chi connectivity index (χ4v) is 4.05. The molecule has 2 fully saturated rings. The van der Waals surface area contributed by atoms with Gasteiger partial charge in [0.05, 0.1) is 0 Å². The van der Waals surface area contributed by atoms with Crippen LogP contribution in [0.3, 0.4) is 0 Å². The van der Waals surface area contributed by atoms with E-state index in [1.807, 2.05) is 23.1 Å². The Morgan fingerprint density at radius 3 is 2.46 bits per heavy atom. The maximum atomic E-state index is 13.0. The van der Waals surface area contributed by atoms with Gasteiger partial charge in [-0.2, -0.15) is 0 Å². The van der Waals surface area contributed by atoms with Crippen molar-refractivity contribution >= 4 is 36.7 Å². The lowest BCUT2D eigenvalue weighted by atomic mass is 9.89. The third-order valence-corrected chi connectivity index (χ3v) is 5.51. The molecular weight excluding hydrogens is 397 g/mol. The van der Waals surface area contributed by atoms with Gasteiger partial charge in [0.1, 0.15) is 5.69 Å². The number of nitrogens with zero attached hydrogens (tertiary/aromatic N) is 4. The van der Waals surface area contributed by atoms with Crippen molar-refractivity contribution in [2.24, 2.45) is 11.7 Å². The number of halogens is 2. The fourth-order valence-electron chi connectivity index (χ4n) is 4.05. The van der Waals surface area contributed by atoms with E-state index in [4.69, 9.17) is 5.73 Å². The molecule has 2 atom stereocenters. The number of amides is 1. The highest BCUT2D eigenvalue weighted by Crippen LogP contribution is 2.32. The van der Waals surface area contributed by atoms with E-state index in [2.05, 4.69) is 27.0 Å². The second kappa shape index (κ2) is 10.0. The highest BCUT2D eigenvalue weighted by atomic mass is 35.5. The van der Waals surface area contributed by atoms with Gasteiger partial charge in [-0.3, -0.25) is 4.79 Å². The van der Waals surface area contributed by atoms with E-state index >= 15 is 0 Å². The quantitative estimate of drug-likeness (QED) is 0.817. The van der Waals surface area contributed by atoms with Crippen LogP contribution >= 0.6 is 24.8 Å². The first-order valence-corrected chi connectivity index (χ1v) is 9.38. The Bertz CT molecular complexity index is 770. The van der Waals surface area contributed by atoms with Gasteiger partial charge in [-0.1, -0.05) is 30.3 Å². The molecule has 0 unspecified atom stereocenters. The van der Waals surface area contributed by atoms with E-state index in [9.17, 15) is 4.79 Å². The molecule has 0 saturated carbocycles. The van der Waals surface area contributed by atoms with Crippen molar-refractivity contribution in [3.8, 4) is 0 Å². The highest BCUT2D eigenvalue weighted by Gasteiger charge is 2.36. The molecule has 28 heavy (non-hydrogen) atoms. The van der Waals surface area contributed by atoms with Gasteiger partial charge in [0.25, 0.3) is 5.91 Å². The summed E-state index contributed by atoms with van der Waals surface area (Å²) in [7, 11) is 0. The minimum atomic E-state index is -0.0234. The molecule has 2 N–H and O–H groups in total. The first-order chi connectivity index (χ1) is 12.8. The summed E-state index contributed by atoms with van der Waals surface area (Å²) in [6, 6.07) is 12.1. The van der Waals surface area contributed by atoms with Crippen molar-refractivity contribution in [2.45, 2.75) is 18.8 Å². The number of anilines is 1. The number of benzene rings is 1. The molecular formula is C20H27Cl2N5O. The van der Waals surface area contributed by atoms with Gasteiger partial charge in [0, 0.05) is 38.3 Å². The largest absolute Gasteiger partial charge is 0.341 e. The Morgan fingerprint density at radius 2 is 1.79 bits per heavy atom. The van der Waals surface area contributed by atoms with Crippen LogP contribution in [0.4, 0.5) is 5.95 Å². The summed E-state index contributed by atoms with van der Waals surface area (Å²) < 4.78 is 0. The van der Waals surface area contributed by atoms with Crippen LogP contribution < -0.4 is 10.6 Å². The number of rotatable bonds is 4. The van der Waals surface area contributed by atoms with Crippen LogP contribution in [0.2, 0.25) is 0 Å². The van der Waals surface area contributed by atoms with E-state index in [1.54, 1.807) is 12.3 Å². The maximum absolute atomic E-state index is 13.0. The smallest absolute Gasteiger partial charge is 0.272 e. The zero-order valence-corrected chi connectivity index (χ0v) is 17.4. The van der Waals surface area contributed by atoms with Crippen molar-refractivity contribution in [1.82, 2.24) is 14.9 Å². The Labute approximate surface area is 178 Å². The van der Waals surface area contributed by atoms with Gasteiger partial charge in [-0.25, -0.2) is 9.97 Å². The van der Waals surface area contributed by atoms with Crippen LogP contribution in [-0.2, 0) is 0 Å². The van der Waals surface area contributed by atoms with Crippen molar-refractivity contribution in [3.63, 3.8) is 0 Å². The van der Waals surface area contributed by atoms with E-state index < -0.39 is 0 Å². The van der Waals surface area contributed by atoms with Crippen molar-refractivity contribution in [3.05, 3.63) is 53.9 Å². The van der Waals surface area contributed by atoms with Crippen molar-refractivity contribution < 1.29 is 4.79 Å². The van der Waals surface area contributed by atoms with Crippen LogP contribution in [0.5, 0.6) is 0 Å². The molecule has 0 bridgehead atoms. The lowest BCUT2D eigenvalue weighted by Gasteiger charge is -2.18. The molecule has 0 radical (unpaired) electrons. The Kier molecular flexibility index (Phi) is 8.04. The van der Waals surface area contributed by atoms with Gasteiger partial charge in [-0.05, 0) is 36.9 Å². The van der Waals surface area contributed by atoms with Gasteiger partial charge in [-0.15, -0.1) is 24.8 Å². The molecule has 3 heterocycles. The van der Waals surface area contributed by atoms with Gasteiger partial charge in [0.15, 0.2) is 0 Å². The first kappa shape index (κ1) is 22.4. The SMILES string of the molecule is Cl.Cl.NC[C@@H]1CN(C(=O)c2ccnc(N3CCCC3)n2)C[C@H]1c1ccccc1. The van der Waals surface area contributed by atoms with Crippen LogP contribution in [0.1, 0.15) is 34.8 Å². The number of carbonyl (C=O) groups excluding carboxylic acids is 1. The summed E-state index contributed by atoms with van der Waals surface area (Å²) in [6.07, 6.45) is 4.01. The zero-order valence-electron chi connectivity index (χ0n) is 15.7. The summed E-state index contributed by atoms with van der Waals surface area (Å²) in [4.78, 5) is 26.0. The highest BCUT2D eigenvalue weighted by molar-refractivity contribution is 5.92. The van der Waals surface area contributed by atoms with Crippen molar-refractivity contribution in [2.75, 3.05) is 37.6 Å².